The molecule has 116 valence electrons. The first-order valence-electron chi connectivity index (χ1n) is 7.66. The Morgan fingerprint density at radius 1 is 1.29 bits per heavy atom. The lowest BCUT2D eigenvalue weighted by molar-refractivity contribution is -0.139. The van der Waals surface area contributed by atoms with Crippen LogP contribution < -0.4 is 5.32 Å². The van der Waals surface area contributed by atoms with Crippen molar-refractivity contribution in [2.45, 2.75) is 44.2 Å². The fourth-order valence-electron chi connectivity index (χ4n) is 2.93. The number of hydrogen-bond acceptors (Lipinski definition) is 3. The van der Waals surface area contributed by atoms with Gasteiger partial charge < -0.3 is 15.3 Å². The average Bonchev–Trinajstić information content (AvgIpc) is 2.88. The van der Waals surface area contributed by atoms with Gasteiger partial charge in [0.1, 0.15) is 5.60 Å². The van der Waals surface area contributed by atoms with Gasteiger partial charge in [-0.2, -0.15) is 0 Å². The van der Waals surface area contributed by atoms with Crippen LogP contribution in [0.15, 0.2) is 24.3 Å². The van der Waals surface area contributed by atoms with E-state index < -0.39 is 5.60 Å². The van der Waals surface area contributed by atoms with Gasteiger partial charge in [-0.25, -0.2) is 0 Å². The van der Waals surface area contributed by atoms with Gasteiger partial charge in [0.15, 0.2) is 0 Å². The maximum Gasteiger partial charge on any atom is 0.252 e. The summed E-state index contributed by atoms with van der Waals surface area (Å²) in [4.78, 5) is 14.3. The molecule has 1 aromatic rings. The van der Waals surface area contributed by atoms with Crippen molar-refractivity contribution < 1.29 is 9.90 Å². The topological polar surface area (TPSA) is 52.6 Å². The fourth-order valence-corrected chi connectivity index (χ4v) is 2.93. The van der Waals surface area contributed by atoms with E-state index in [1.807, 2.05) is 14.1 Å². The number of aryl methyl sites for hydroxylation is 1. The van der Waals surface area contributed by atoms with Gasteiger partial charge in [0.05, 0.1) is 6.04 Å². The van der Waals surface area contributed by atoms with Crippen LogP contribution in [0.5, 0.6) is 0 Å². The molecule has 0 spiro atoms. The first kappa shape index (κ1) is 16.0. The van der Waals surface area contributed by atoms with Crippen LogP contribution in [0.25, 0.3) is 0 Å². The van der Waals surface area contributed by atoms with Crippen molar-refractivity contribution in [3.05, 3.63) is 35.4 Å². The maximum atomic E-state index is 12.2. The van der Waals surface area contributed by atoms with E-state index in [1.54, 1.807) is 0 Å². The number of hydrogen-bond donors (Lipinski definition) is 2. The first-order chi connectivity index (χ1) is 9.92. The third-order valence-corrected chi connectivity index (χ3v) is 4.39. The minimum absolute atomic E-state index is 0.111. The van der Waals surface area contributed by atoms with Crippen molar-refractivity contribution in [3.63, 3.8) is 0 Å². The van der Waals surface area contributed by atoms with Crippen molar-refractivity contribution in [3.8, 4) is 0 Å². The summed E-state index contributed by atoms with van der Waals surface area (Å²) in [5.41, 5.74) is 1.24. The van der Waals surface area contributed by atoms with Crippen LogP contribution in [-0.4, -0.2) is 42.2 Å². The number of benzene rings is 1. The molecule has 2 rings (SSSR count). The molecule has 1 aliphatic rings. The Hall–Kier alpha value is -1.39. The summed E-state index contributed by atoms with van der Waals surface area (Å²) in [5.74, 6) is -0.223. The molecule has 0 aromatic heterocycles. The normalized spacial score (nSPS) is 18.7. The van der Waals surface area contributed by atoms with Crippen LogP contribution in [0.3, 0.4) is 0 Å². The van der Waals surface area contributed by atoms with Crippen molar-refractivity contribution in [1.29, 1.82) is 0 Å². The smallest absolute Gasteiger partial charge is 0.252 e. The number of rotatable bonds is 5. The summed E-state index contributed by atoms with van der Waals surface area (Å²) in [5, 5.41) is 13.2. The van der Waals surface area contributed by atoms with Gasteiger partial charge in [-0.1, -0.05) is 29.8 Å². The summed E-state index contributed by atoms with van der Waals surface area (Å²) in [6, 6.07) is 8.46. The second kappa shape index (κ2) is 6.58. The molecule has 4 heteroatoms. The standard InChI is InChI=1S/C17H26N2O2/c1-13-6-8-14(9-7-13)15(19(2)3)12-18-16(20)17(21)10-4-5-11-17/h6-9,15,21H,4-5,10-12H2,1-3H3,(H,18,20). The molecule has 1 saturated carbocycles. The zero-order valence-corrected chi connectivity index (χ0v) is 13.2. The van der Waals surface area contributed by atoms with E-state index in [0.29, 0.717) is 19.4 Å². The van der Waals surface area contributed by atoms with Crippen molar-refractivity contribution in [2.24, 2.45) is 0 Å². The summed E-state index contributed by atoms with van der Waals surface area (Å²) in [6.45, 7) is 2.57. The average molecular weight is 290 g/mol. The van der Waals surface area contributed by atoms with Crippen molar-refractivity contribution in [2.75, 3.05) is 20.6 Å². The van der Waals surface area contributed by atoms with Crippen LogP contribution >= 0.6 is 0 Å². The molecule has 1 aliphatic carbocycles. The molecule has 0 radical (unpaired) electrons. The molecular weight excluding hydrogens is 264 g/mol. The van der Waals surface area contributed by atoms with Gasteiger partial charge in [0, 0.05) is 6.54 Å². The van der Waals surface area contributed by atoms with E-state index in [4.69, 9.17) is 0 Å². The molecule has 1 fully saturated rings. The van der Waals surface area contributed by atoms with E-state index in [9.17, 15) is 9.90 Å². The highest BCUT2D eigenvalue weighted by Crippen LogP contribution is 2.29. The Morgan fingerprint density at radius 2 is 1.86 bits per heavy atom. The molecule has 1 unspecified atom stereocenters. The van der Waals surface area contributed by atoms with Crippen LogP contribution in [0, 0.1) is 6.92 Å². The third kappa shape index (κ3) is 3.83. The minimum Gasteiger partial charge on any atom is -0.380 e. The van der Waals surface area contributed by atoms with Gasteiger partial charge in [0.25, 0.3) is 5.91 Å². The molecule has 1 aromatic carbocycles. The SMILES string of the molecule is Cc1ccc(C(CNC(=O)C2(O)CCCC2)N(C)C)cc1. The zero-order valence-electron chi connectivity index (χ0n) is 13.2. The molecule has 0 saturated heterocycles. The van der Waals surface area contributed by atoms with E-state index in [1.165, 1.54) is 11.1 Å². The third-order valence-electron chi connectivity index (χ3n) is 4.39. The number of carbonyl (C=O) groups excluding carboxylic acids is 1. The highest BCUT2D eigenvalue weighted by molar-refractivity contribution is 5.85. The Kier molecular flexibility index (Phi) is 5.01. The second-order valence-electron chi connectivity index (χ2n) is 6.34. The highest BCUT2D eigenvalue weighted by Gasteiger charge is 2.38. The van der Waals surface area contributed by atoms with E-state index >= 15 is 0 Å². The van der Waals surface area contributed by atoms with Crippen LogP contribution in [0.4, 0.5) is 0 Å². The summed E-state index contributed by atoms with van der Waals surface area (Å²) >= 11 is 0. The van der Waals surface area contributed by atoms with Gasteiger partial charge in [-0.15, -0.1) is 0 Å². The maximum absolute atomic E-state index is 12.2. The molecular formula is C17H26N2O2. The van der Waals surface area contributed by atoms with E-state index in [0.717, 1.165) is 12.8 Å². The molecule has 4 nitrogen and oxygen atoms in total. The zero-order chi connectivity index (χ0) is 15.5. The van der Waals surface area contributed by atoms with E-state index in [2.05, 4.69) is 41.4 Å². The second-order valence-corrected chi connectivity index (χ2v) is 6.34. The molecule has 0 bridgehead atoms. The molecule has 21 heavy (non-hydrogen) atoms. The summed E-state index contributed by atoms with van der Waals surface area (Å²) in [6.07, 6.45) is 3.02. The number of amides is 1. The lowest BCUT2D eigenvalue weighted by Crippen LogP contribution is -2.47. The Bertz CT molecular complexity index is 476. The Labute approximate surface area is 127 Å². The quantitative estimate of drug-likeness (QED) is 0.872. The van der Waals surface area contributed by atoms with Crippen LogP contribution in [0.2, 0.25) is 0 Å². The number of carbonyl (C=O) groups is 1. The van der Waals surface area contributed by atoms with Crippen molar-refractivity contribution >= 4 is 5.91 Å². The fraction of sp³-hybridized carbons (Fsp3) is 0.588. The molecule has 0 aliphatic heterocycles. The minimum atomic E-state index is -1.15. The van der Waals surface area contributed by atoms with Crippen LogP contribution in [-0.2, 0) is 4.79 Å². The molecule has 1 atom stereocenters. The van der Waals surface area contributed by atoms with Crippen molar-refractivity contribution in [1.82, 2.24) is 10.2 Å². The van der Waals surface area contributed by atoms with Gasteiger partial charge in [0.2, 0.25) is 0 Å². The van der Waals surface area contributed by atoms with E-state index in [-0.39, 0.29) is 11.9 Å². The van der Waals surface area contributed by atoms with Gasteiger partial charge in [-0.3, -0.25) is 4.79 Å². The Morgan fingerprint density at radius 3 is 2.38 bits per heavy atom. The Balaban J connectivity index is 2.00. The molecule has 2 N–H and O–H groups in total. The summed E-state index contributed by atoms with van der Waals surface area (Å²) < 4.78 is 0. The number of nitrogens with one attached hydrogen (secondary N) is 1. The number of aliphatic hydroxyl groups is 1. The molecule has 1 amide bonds. The number of nitrogens with zero attached hydrogens (tertiary/aromatic N) is 1. The monoisotopic (exact) mass is 290 g/mol. The molecule has 0 heterocycles. The highest BCUT2D eigenvalue weighted by atomic mass is 16.3. The largest absolute Gasteiger partial charge is 0.380 e. The predicted molar refractivity (Wildman–Crippen MR) is 84.0 cm³/mol. The lowest BCUT2D eigenvalue weighted by Gasteiger charge is -2.28. The first-order valence-corrected chi connectivity index (χ1v) is 7.66. The number of likely N-dealkylation sites (N-methyl/N-ethyl adjacent to an activating group) is 1. The van der Waals surface area contributed by atoms with Crippen LogP contribution in [0.1, 0.15) is 42.9 Å². The lowest BCUT2D eigenvalue weighted by atomic mass is 10.0. The summed E-state index contributed by atoms with van der Waals surface area (Å²) in [7, 11) is 4.00. The van der Waals surface area contributed by atoms with Gasteiger partial charge in [-0.05, 0) is 52.3 Å². The van der Waals surface area contributed by atoms with Gasteiger partial charge >= 0.3 is 0 Å². The predicted octanol–water partition coefficient (Wildman–Crippen LogP) is 2.02.